The average Bonchev–Trinajstić information content (AvgIpc) is 2.83. The van der Waals surface area contributed by atoms with Crippen molar-refractivity contribution < 1.29 is 4.74 Å². The molecule has 0 heterocycles. The van der Waals surface area contributed by atoms with Gasteiger partial charge in [0.25, 0.3) is 0 Å². The van der Waals surface area contributed by atoms with Crippen molar-refractivity contribution in [2.75, 3.05) is 7.11 Å². The van der Waals surface area contributed by atoms with Crippen molar-refractivity contribution in [2.24, 2.45) is 5.92 Å². The third kappa shape index (κ3) is 2.44. The van der Waals surface area contributed by atoms with Crippen molar-refractivity contribution in [1.29, 1.82) is 0 Å². The molecule has 0 saturated heterocycles. The average molecular weight is 183 g/mol. The maximum atomic E-state index is 5.35. The van der Waals surface area contributed by atoms with Gasteiger partial charge in [0.15, 0.2) is 0 Å². The van der Waals surface area contributed by atoms with Crippen LogP contribution >= 0.6 is 0 Å². The monoisotopic (exact) mass is 183 g/mol. The van der Waals surface area contributed by atoms with Gasteiger partial charge in [0, 0.05) is 19.2 Å². The first-order valence-electron chi connectivity index (χ1n) is 5.58. The van der Waals surface area contributed by atoms with E-state index in [4.69, 9.17) is 4.74 Å². The van der Waals surface area contributed by atoms with Gasteiger partial charge in [-0.05, 0) is 38.0 Å². The van der Waals surface area contributed by atoms with Gasteiger partial charge >= 0.3 is 0 Å². The molecule has 13 heavy (non-hydrogen) atoms. The van der Waals surface area contributed by atoms with Gasteiger partial charge < -0.3 is 10.1 Å². The van der Waals surface area contributed by atoms with Crippen LogP contribution in [0.1, 0.15) is 39.0 Å². The third-order valence-electron chi connectivity index (χ3n) is 3.57. The van der Waals surface area contributed by atoms with Crippen LogP contribution in [0.4, 0.5) is 0 Å². The molecule has 0 radical (unpaired) electrons. The van der Waals surface area contributed by atoms with Crippen molar-refractivity contribution in [3.63, 3.8) is 0 Å². The molecule has 2 unspecified atom stereocenters. The summed E-state index contributed by atoms with van der Waals surface area (Å²) < 4.78 is 5.35. The maximum Gasteiger partial charge on any atom is 0.0572 e. The van der Waals surface area contributed by atoms with E-state index in [1.165, 1.54) is 32.1 Å². The summed E-state index contributed by atoms with van der Waals surface area (Å²) in [6.45, 7) is 2.33. The smallest absolute Gasteiger partial charge is 0.0572 e. The van der Waals surface area contributed by atoms with E-state index < -0.39 is 0 Å². The predicted octanol–water partition coefficient (Wildman–Crippen LogP) is 1.94. The van der Waals surface area contributed by atoms with Crippen LogP contribution in [-0.2, 0) is 4.74 Å². The first-order valence-corrected chi connectivity index (χ1v) is 5.58. The van der Waals surface area contributed by atoms with E-state index >= 15 is 0 Å². The largest absolute Gasteiger partial charge is 0.381 e. The first-order chi connectivity index (χ1) is 6.29. The normalized spacial score (nSPS) is 44.8. The molecule has 2 saturated carbocycles. The number of ether oxygens (including phenoxy) is 1. The number of hydrogen-bond acceptors (Lipinski definition) is 2. The van der Waals surface area contributed by atoms with Gasteiger partial charge in [0.2, 0.25) is 0 Å². The van der Waals surface area contributed by atoms with E-state index in [1.54, 1.807) is 0 Å². The molecule has 0 amide bonds. The highest BCUT2D eigenvalue weighted by Crippen LogP contribution is 2.31. The van der Waals surface area contributed by atoms with Crippen LogP contribution in [-0.4, -0.2) is 25.3 Å². The molecule has 2 nitrogen and oxygen atoms in total. The lowest BCUT2D eigenvalue weighted by Crippen LogP contribution is -2.36. The van der Waals surface area contributed by atoms with Crippen molar-refractivity contribution >= 4 is 0 Å². The van der Waals surface area contributed by atoms with Gasteiger partial charge in [0.05, 0.1) is 6.10 Å². The standard InChI is InChI=1S/C11H21NO/c1-8-7-11(8)12-9-3-5-10(13-2)6-4-9/h8-12H,3-7H2,1-2H3. The van der Waals surface area contributed by atoms with Gasteiger partial charge in [-0.2, -0.15) is 0 Å². The minimum atomic E-state index is 0.537. The highest BCUT2D eigenvalue weighted by Gasteiger charge is 2.34. The number of methoxy groups -OCH3 is 1. The molecule has 2 aliphatic carbocycles. The Balaban J connectivity index is 1.66. The fourth-order valence-corrected chi connectivity index (χ4v) is 2.32. The molecular formula is C11H21NO. The van der Waals surface area contributed by atoms with E-state index in [0.29, 0.717) is 6.10 Å². The van der Waals surface area contributed by atoms with Crippen LogP contribution in [0.25, 0.3) is 0 Å². The lowest BCUT2D eigenvalue weighted by Gasteiger charge is -2.28. The van der Waals surface area contributed by atoms with Gasteiger partial charge in [0.1, 0.15) is 0 Å². The van der Waals surface area contributed by atoms with E-state index in [2.05, 4.69) is 12.2 Å². The molecule has 0 aromatic rings. The summed E-state index contributed by atoms with van der Waals surface area (Å²) in [6.07, 6.45) is 7.03. The summed E-state index contributed by atoms with van der Waals surface area (Å²) in [5.41, 5.74) is 0. The zero-order valence-electron chi connectivity index (χ0n) is 8.75. The summed E-state index contributed by atoms with van der Waals surface area (Å²) in [4.78, 5) is 0. The molecule has 0 bridgehead atoms. The summed E-state index contributed by atoms with van der Waals surface area (Å²) in [7, 11) is 1.83. The van der Waals surface area contributed by atoms with E-state index in [-0.39, 0.29) is 0 Å². The molecule has 2 fully saturated rings. The zero-order valence-corrected chi connectivity index (χ0v) is 8.75. The molecule has 0 aromatic heterocycles. The Morgan fingerprint density at radius 1 is 1.15 bits per heavy atom. The Morgan fingerprint density at radius 3 is 2.23 bits per heavy atom. The van der Waals surface area contributed by atoms with Crippen LogP contribution in [0.15, 0.2) is 0 Å². The minimum Gasteiger partial charge on any atom is -0.381 e. The molecule has 2 atom stereocenters. The second-order valence-electron chi connectivity index (χ2n) is 4.70. The number of hydrogen-bond donors (Lipinski definition) is 1. The van der Waals surface area contributed by atoms with Crippen LogP contribution in [0.2, 0.25) is 0 Å². The summed E-state index contributed by atoms with van der Waals surface area (Å²) >= 11 is 0. The molecule has 0 aliphatic heterocycles. The van der Waals surface area contributed by atoms with Crippen LogP contribution in [0.3, 0.4) is 0 Å². The second-order valence-corrected chi connectivity index (χ2v) is 4.70. The molecule has 1 N–H and O–H groups in total. The summed E-state index contributed by atoms with van der Waals surface area (Å²) in [5.74, 6) is 0.931. The summed E-state index contributed by atoms with van der Waals surface area (Å²) in [6, 6.07) is 1.62. The summed E-state index contributed by atoms with van der Waals surface area (Å²) in [5, 5.41) is 3.73. The molecule has 0 aromatic carbocycles. The van der Waals surface area contributed by atoms with Crippen molar-refractivity contribution in [3.8, 4) is 0 Å². The van der Waals surface area contributed by atoms with Gasteiger partial charge in [-0.3, -0.25) is 0 Å². The highest BCUT2D eigenvalue weighted by atomic mass is 16.5. The minimum absolute atomic E-state index is 0.537. The second kappa shape index (κ2) is 3.97. The topological polar surface area (TPSA) is 21.3 Å². The Hall–Kier alpha value is -0.0800. The van der Waals surface area contributed by atoms with E-state index in [0.717, 1.165) is 18.0 Å². The van der Waals surface area contributed by atoms with E-state index in [1.807, 2.05) is 7.11 Å². The van der Waals surface area contributed by atoms with Gasteiger partial charge in [-0.15, -0.1) is 0 Å². The molecule has 0 spiro atoms. The zero-order chi connectivity index (χ0) is 9.26. The fourth-order valence-electron chi connectivity index (χ4n) is 2.32. The van der Waals surface area contributed by atoms with Crippen LogP contribution in [0.5, 0.6) is 0 Å². The van der Waals surface area contributed by atoms with E-state index in [9.17, 15) is 0 Å². The van der Waals surface area contributed by atoms with Crippen molar-refractivity contribution in [1.82, 2.24) is 5.32 Å². The quantitative estimate of drug-likeness (QED) is 0.722. The van der Waals surface area contributed by atoms with Crippen molar-refractivity contribution in [2.45, 2.75) is 57.2 Å². The molecule has 2 heteroatoms. The Morgan fingerprint density at radius 2 is 1.77 bits per heavy atom. The van der Waals surface area contributed by atoms with Crippen LogP contribution in [0, 0.1) is 5.92 Å². The molecule has 2 aliphatic rings. The highest BCUT2D eigenvalue weighted by molar-refractivity contribution is 4.93. The lowest BCUT2D eigenvalue weighted by molar-refractivity contribution is 0.0622. The van der Waals surface area contributed by atoms with Crippen LogP contribution < -0.4 is 5.32 Å². The predicted molar refractivity (Wildman–Crippen MR) is 53.8 cm³/mol. The Labute approximate surface area is 81.0 Å². The Kier molecular flexibility index (Phi) is 2.89. The maximum absolute atomic E-state index is 5.35. The molecule has 76 valence electrons. The van der Waals surface area contributed by atoms with Gasteiger partial charge in [-0.1, -0.05) is 6.92 Å². The first kappa shape index (κ1) is 9.47. The molecular weight excluding hydrogens is 162 g/mol. The van der Waals surface area contributed by atoms with Crippen molar-refractivity contribution in [3.05, 3.63) is 0 Å². The van der Waals surface area contributed by atoms with Gasteiger partial charge in [-0.25, -0.2) is 0 Å². The number of nitrogens with one attached hydrogen (secondary N) is 1. The number of rotatable bonds is 3. The Bertz CT molecular complexity index is 163. The SMILES string of the molecule is COC1CCC(NC2CC2C)CC1. The third-order valence-corrected chi connectivity index (χ3v) is 3.57. The fraction of sp³-hybridized carbons (Fsp3) is 1.00. The lowest BCUT2D eigenvalue weighted by atomic mass is 9.93. The molecule has 2 rings (SSSR count).